The molecule has 0 aliphatic rings. The second-order valence-corrected chi connectivity index (χ2v) is 4.72. The summed E-state index contributed by atoms with van der Waals surface area (Å²) in [5, 5.41) is 9.26. The minimum absolute atomic E-state index is 0.0245. The van der Waals surface area contributed by atoms with Crippen molar-refractivity contribution in [3.05, 3.63) is 51.0 Å². The van der Waals surface area contributed by atoms with Crippen molar-refractivity contribution in [3.63, 3.8) is 0 Å². The Bertz CT molecular complexity index is 676. The number of carbonyl (C=O) groups is 1. The van der Waals surface area contributed by atoms with Gasteiger partial charge in [0.1, 0.15) is 0 Å². The van der Waals surface area contributed by atoms with Gasteiger partial charge in [-0.3, -0.25) is 0 Å². The van der Waals surface area contributed by atoms with Crippen LogP contribution in [0.2, 0.25) is 15.1 Å². The van der Waals surface area contributed by atoms with Crippen molar-refractivity contribution in [1.82, 2.24) is 4.98 Å². The highest BCUT2D eigenvalue weighted by atomic mass is 35.5. The lowest BCUT2D eigenvalue weighted by Crippen LogP contribution is -2.03. The standard InChI is InChI=1S/C12H5Cl3FNO2/c13-7-2-1-5(9(14)10(7)15)8-6(12(18)19)3-4-17-11(8)16/h1-4H,(H,18,19). The summed E-state index contributed by atoms with van der Waals surface area (Å²) < 4.78 is 13.8. The third-order valence-electron chi connectivity index (χ3n) is 2.44. The lowest BCUT2D eigenvalue weighted by atomic mass is 10.0. The van der Waals surface area contributed by atoms with E-state index in [0.29, 0.717) is 0 Å². The van der Waals surface area contributed by atoms with E-state index in [4.69, 9.17) is 39.9 Å². The van der Waals surface area contributed by atoms with Gasteiger partial charge in [0, 0.05) is 11.8 Å². The first kappa shape index (κ1) is 14.1. The topological polar surface area (TPSA) is 50.2 Å². The zero-order chi connectivity index (χ0) is 14.2. The van der Waals surface area contributed by atoms with Gasteiger partial charge in [-0.1, -0.05) is 40.9 Å². The fourth-order valence-electron chi connectivity index (χ4n) is 1.59. The molecule has 7 heteroatoms. The molecular weight excluding hydrogens is 315 g/mol. The van der Waals surface area contributed by atoms with Crippen molar-refractivity contribution in [2.75, 3.05) is 0 Å². The van der Waals surface area contributed by atoms with Gasteiger partial charge in [0.25, 0.3) is 0 Å². The highest BCUT2D eigenvalue weighted by Gasteiger charge is 2.21. The summed E-state index contributed by atoms with van der Waals surface area (Å²) in [6.07, 6.45) is 1.06. The molecule has 1 heterocycles. The molecule has 2 aromatic rings. The Morgan fingerprint density at radius 2 is 1.84 bits per heavy atom. The molecule has 0 atom stereocenters. The van der Waals surface area contributed by atoms with E-state index in [1.807, 2.05) is 0 Å². The van der Waals surface area contributed by atoms with Gasteiger partial charge >= 0.3 is 5.97 Å². The van der Waals surface area contributed by atoms with Crippen LogP contribution >= 0.6 is 34.8 Å². The Morgan fingerprint density at radius 3 is 2.47 bits per heavy atom. The number of hydrogen-bond acceptors (Lipinski definition) is 2. The first-order valence-corrected chi connectivity index (χ1v) is 6.08. The van der Waals surface area contributed by atoms with Gasteiger partial charge in [-0.2, -0.15) is 4.39 Å². The number of carboxylic acids is 1. The quantitative estimate of drug-likeness (QED) is 0.652. The molecule has 0 amide bonds. The summed E-state index contributed by atoms with van der Waals surface area (Å²) in [7, 11) is 0. The van der Waals surface area contributed by atoms with Crippen molar-refractivity contribution in [2.24, 2.45) is 0 Å². The van der Waals surface area contributed by atoms with E-state index in [2.05, 4.69) is 4.98 Å². The van der Waals surface area contributed by atoms with Crippen molar-refractivity contribution in [1.29, 1.82) is 0 Å². The molecule has 98 valence electrons. The number of aromatic carboxylic acids is 1. The molecule has 0 fully saturated rings. The van der Waals surface area contributed by atoms with Crippen molar-refractivity contribution in [3.8, 4) is 11.1 Å². The van der Waals surface area contributed by atoms with Gasteiger partial charge in [0.15, 0.2) is 0 Å². The smallest absolute Gasteiger partial charge is 0.336 e. The van der Waals surface area contributed by atoms with E-state index >= 15 is 0 Å². The summed E-state index contributed by atoms with van der Waals surface area (Å²) >= 11 is 17.6. The lowest BCUT2D eigenvalue weighted by molar-refractivity contribution is 0.0697. The maximum atomic E-state index is 13.8. The zero-order valence-electron chi connectivity index (χ0n) is 9.12. The molecule has 0 saturated carbocycles. The average Bonchev–Trinajstić information content (AvgIpc) is 2.37. The van der Waals surface area contributed by atoms with E-state index in [1.165, 1.54) is 18.2 Å². The van der Waals surface area contributed by atoms with Crippen molar-refractivity contribution < 1.29 is 14.3 Å². The Balaban J connectivity index is 2.79. The first-order chi connectivity index (χ1) is 8.93. The number of hydrogen-bond donors (Lipinski definition) is 1. The van der Waals surface area contributed by atoms with E-state index < -0.39 is 11.9 Å². The van der Waals surface area contributed by atoms with Crippen LogP contribution in [0.25, 0.3) is 11.1 Å². The second kappa shape index (κ2) is 5.33. The van der Waals surface area contributed by atoms with Gasteiger partial charge in [-0.25, -0.2) is 9.78 Å². The highest BCUT2D eigenvalue weighted by molar-refractivity contribution is 6.49. The summed E-state index contributed by atoms with van der Waals surface area (Å²) in [6.45, 7) is 0. The summed E-state index contributed by atoms with van der Waals surface area (Å²) in [6, 6.07) is 3.98. The van der Waals surface area contributed by atoms with Crippen LogP contribution in [0.15, 0.2) is 24.4 Å². The predicted octanol–water partition coefficient (Wildman–Crippen LogP) is 4.55. The molecule has 2 rings (SSSR count). The molecule has 1 aromatic carbocycles. The molecule has 0 unspecified atom stereocenters. The summed E-state index contributed by atoms with van der Waals surface area (Å²) in [5.74, 6) is -2.24. The zero-order valence-corrected chi connectivity index (χ0v) is 11.4. The molecule has 0 radical (unpaired) electrons. The number of carboxylic acid groups (broad SMARTS) is 1. The molecule has 0 aliphatic heterocycles. The first-order valence-electron chi connectivity index (χ1n) is 4.95. The van der Waals surface area contributed by atoms with Crippen LogP contribution in [-0.2, 0) is 0 Å². The van der Waals surface area contributed by atoms with Crippen LogP contribution in [-0.4, -0.2) is 16.1 Å². The average molecular weight is 321 g/mol. The minimum atomic E-state index is -1.29. The van der Waals surface area contributed by atoms with Crippen LogP contribution in [0.4, 0.5) is 4.39 Å². The number of aromatic nitrogens is 1. The SMILES string of the molecule is O=C(O)c1ccnc(F)c1-c1ccc(Cl)c(Cl)c1Cl. The molecule has 19 heavy (non-hydrogen) atoms. The number of pyridine rings is 1. The highest BCUT2D eigenvalue weighted by Crippen LogP contribution is 2.39. The van der Waals surface area contributed by atoms with Crippen LogP contribution in [0, 0.1) is 5.95 Å². The second-order valence-electron chi connectivity index (χ2n) is 3.55. The molecule has 1 aromatic heterocycles. The monoisotopic (exact) mass is 319 g/mol. The van der Waals surface area contributed by atoms with Crippen LogP contribution in [0.3, 0.4) is 0 Å². The van der Waals surface area contributed by atoms with Gasteiger partial charge in [0.2, 0.25) is 5.95 Å². The summed E-state index contributed by atoms with van der Waals surface area (Å²) in [4.78, 5) is 14.5. The maximum Gasteiger partial charge on any atom is 0.336 e. The Labute approximate surface area is 122 Å². The molecular formula is C12H5Cl3FNO2. The third-order valence-corrected chi connectivity index (χ3v) is 3.73. The van der Waals surface area contributed by atoms with Gasteiger partial charge in [-0.15, -0.1) is 0 Å². The van der Waals surface area contributed by atoms with E-state index in [0.717, 1.165) is 6.20 Å². The molecule has 3 nitrogen and oxygen atoms in total. The predicted molar refractivity (Wildman–Crippen MR) is 71.6 cm³/mol. The molecule has 0 spiro atoms. The molecule has 0 saturated heterocycles. The number of rotatable bonds is 2. The number of nitrogens with zero attached hydrogens (tertiary/aromatic N) is 1. The largest absolute Gasteiger partial charge is 0.478 e. The van der Waals surface area contributed by atoms with Gasteiger partial charge in [0.05, 0.1) is 26.2 Å². The normalized spacial score (nSPS) is 10.5. The fourth-order valence-corrected chi connectivity index (χ4v) is 2.22. The summed E-state index contributed by atoms with van der Waals surface area (Å²) in [5.41, 5.74) is -0.356. The molecule has 0 aliphatic carbocycles. The van der Waals surface area contributed by atoms with E-state index in [-0.39, 0.29) is 31.8 Å². The minimum Gasteiger partial charge on any atom is -0.478 e. The van der Waals surface area contributed by atoms with Gasteiger partial charge in [-0.05, 0) is 12.1 Å². The lowest BCUT2D eigenvalue weighted by Gasteiger charge is -2.10. The van der Waals surface area contributed by atoms with Crippen molar-refractivity contribution in [2.45, 2.75) is 0 Å². The Hall–Kier alpha value is -1.36. The van der Waals surface area contributed by atoms with E-state index in [9.17, 15) is 9.18 Å². The van der Waals surface area contributed by atoms with Crippen LogP contribution in [0.5, 0.6) is 0 Å². The number of benzene rings is 1. The fraction of sp³-hybridized carbons (Fsp3) is 0. The van der Waals surface area contributed by atoms with Crippen LogP contribution in [0.1, 0.15) is 10.4 Å². The third kappa shape index (κ3) is 2.52. The van der Waals surface area contributed by atoms with Gasteiger partial charge < -0.3 is 5.11 Å². The number of halogens is 4. The molecule has 0 bridgehead atoms. The maximum absolute atomic E-state index is 13.8. The van der Waals surface area contributed by atoms with Crippen LogP contribution < -0.4 is 0 Å². The van der Waals surface area contributed by atoms with E-state index in [1.54, 1.807) is 0 Å². The Morgan fingerprint density at radius 1 is 1.16 bits per heavy atom. The Kier molecular flexibility index (Phi) is 3.94. The molecule has 1 N–H and O–H groups in total. The van der Waals surface area contributed by atoms with Crippen molar-refractivity contribution >= 4 is 40.8 Å².